The lowest BCUT2D eigenvalue weighted by Crippen LogP contribution is -2.23. The average molecular weight is 461 g/mol. The summed E-state index contributed by atoms with van der Waals surface area (Å²) in [6.07, 6.45) is 0.491. The predicted molar refractivity (Wildman–Crippen MR) is 128 cm³/mol. The van der Waals surface area contributed by atoms with Gasteiger partial charge in [0.1, 0.15) is 0 Å². The fourth-order valence-electron chi connectivity index (χ4n) is 4.35. The first-order valence-corrected chi connectivity index (χ1v) is 12.7. The third-order valence-corrected chi connectivity index (χ3v) is 7.75. The van der Waals surface area contributed by atoms with E-state index in [0.29, 0.717) is 41.0 Å². The van der Waals surface area contributed by atoms with E-state index < -0.39 is 9.84 Å². The highest BCUT2D eigenvalue weighted by atomic mass is 32.2. The second-order valence-corrected chi connectivity index (χ2v) is 10.6. The van der Waals surface area contributed by atoms with Gasteiger partial charge in [-0.2, -0.15) is 5.10 Å². The Labute approximate surface area is 192 Å². The molecule has 0 radical (unpaired) electrons. The molecule has 33 heavy (non-hydrogen) atoms. The molecule has 0 bridgehead atoms. The molecule has 1 unspecified atom stereocenters. The van der Waals surface area contributed by atoms with Crippen LogP contribution < -0.4 is 5.32 Å². The minimum atomic E-state index is -3.10. The minimum Gasteiger partial charge on any atom is -0.348 e. The van der Waals surface area contributed by atoms with Gasteiger partial charge in [-0.15, -0.1) is 0 Å². The second-order valence-electron chi connectivity index (χ2n) is 8.37. The number of sulfone groups is 1. The summed E-state index contributed by atoms with van der Waals surface area (Å²) in [5, 5.41) is 8.31. The van der Waals surface area contributed by atoms with Crippen molar-refractivity contribution in [2.24, 2.45) is 0 Å². The quantitative estimate of drug-likeness (QED) is 0.490. The number of hydrogen-bond donors (Lipinski definition) is 1. The van der Waals surface area contributed by atoms with Crippen LogP contribution >= 0.6 is 0 Å². The fourth-order valence-corrected chi connectivity index (χ4v) is 6.04. The fraction of sp³-hybridized carbons (Fsp3) is 0.240. The van der Waals surface area contributed by atoms with Gasteiger partial charge >= 0.3 is 0 Å². The third kappa shape index (κ3) is 4.26. The number of carbonyl (C=O) groups is 1. The van der Waals surface area contributed by atoms with Crippen LogP contribution in [0.25, 0.3) is 22.3 Å². The van der Waals surface area contributed by atoms with Crippen molar-refractivity contribution < 1.29 is 13.2 Å². The summed E-state index contributed by atoms with van der Waals surface area (Å²) in [5.74, 6) is -0.0400. The molecule has 4 aromatic rings. The zero-order valence-electron chi connectivity index (χ0n) is 18.2. The summed E-state index contributed by atoms with van der Waals surface area (Å²) in [6, 6.07) is 20.9. The van der Waals surface area contributed by atoms with Crippen molar-refractivity contribution >= 4 is 26.8 Å². The van der Waals surface area contributed by atoms with Gasteiger partial charge < -0.3 is 5.32 Å². The van der Waals surface area contributed by atoms with E-state index in [1.54, 1.807) is 10.7 Å². The Kier molecular flexibility index (Phi) is 5.46. The molecular weight excluding hydrogens is 436 g/mol. The lowest BCUT2D eigenvalue weighted by molar-refractivity contribution is 0.0952. The van der Waals surface area contributed by atoms with E-state index >= 15 is 0 Å². The number of nitrogens with zero attached hydrogens (tertiary/aromatic N) is 3. The molecule has 0 aliphatic carbocycles. The Morgan fingerprint density at radius 1 is 1.09 bits per heavy atom. The molecule has 1 atom stereocenters. The van der Waals surface area contributed by atoms with Crippen molar-refractivity contribution in [2.45, 2.75) is 25.9 Å². The highest BCUT2D eigenvalue weighted by molar-refractivity contribution is 7.91. The number of benzene rings is 2. The number of aromatic nitrogens is 3. The van der Waals surface area contributed by atoms with E-state index in [-0.39, 0.29) is 23.5 Å². The van der Waals surface area contributed by atoms with Crippen LogP contribution in [0, 0.1) is 6.92 Å². The van der Waals surface area contributed by atoms with Crippen LogP contribution in [0.15, 0.2) is 66.7 Å². The van der Waals surface area contributed by atoms with Gasteiger partial charge in [0.05, 0.1) is 39.9 Å². The monoisotopic (exact) mass is 460 g/mol. The molecule has 0 saturated carbocycles. The molecule has 1 aliphatic rings. The van der Waals surface area contributed by atoms with Crippen LogP contribution in [0.2, 0.25) is 0 Å². The maximum absolute atomic E-state index is 13.3. The third-order valence-electron chi connectivity index (χ3n) is 6.00. The first-order chi connectivity index (χ1) is 15.9. The van der Waals surface area contributed by atoms with Crippen molar-refractivity contribution in [1.82, 2.24) is 20.1 Å². The van der Waals surface area contributed by atoms with E-state index in [1.165, 1.54) is 0 Å². The number of nitrogens with one attached hydrogen (secondary N) is 1. The Morgan fingerprint density at radius 2 is 1.79 bits per heavy atom. The van der Waals surface area contributed by atoms with Crippen LogP contribution in [0.3, 0.4) is 0 Å². The smallest absolute Gasteiger partial charge is 0.252 e. The number of aryl methyl sites for hydroxylation is 1. The van der Waals surface area contributed by atoms with Crippen molar-refractivity contribution in [1.29, 1.82) is 0 Å². The molecule has 168 valence electrons. The lowest BCUT2D eigenvalue weighted by atomic mass is 10.0. The highest BCUT2D eigenvalue weighted by Gasteiger charge is 2.32. The van der Waals surface area contributed by atoms with Gasteiger partial charge in [-0.1, -0.05) is 60.7 Å². The number of fused-ring (bicyclic) bond motifs is 1. The number of carbonyl (C=O) groups excluding carboxylic acids is 1. The molecular formula is C25H24N4O3S. The van der Waals surface area contributed by atoms with Gasteiger partial charge in [-0.3, -0.25) is 4.79 Å². The molecule has 1 aliphatic heterocycles. The average Bonchev–Trinajstić information content (AvgIpc) is 3.36. The van der Waals surface area contributed by atoms with E-state index in [2.05, 4.69) is 10.4 Å². The lowest BCUT2D eigenvalue weighted by Gasteiger charge is -2.12. The zero-order valence-corrected chi connectivity index (χ0v) is 19.0. The molecule has 1 fully saturated rings. The van der Waals surface area contributed by atoms with Crippen LogP contribution in [-0.4, -0.2) is 40.6 Å². The van der Waals surface area contributed by atoms with E-state index in [9.17, 15) is 13.2 Å². The SMILES string of the molecule is Cc1nn(C2CCS(=O)(=O)C2)c2nc(-c3ccccc3)cc(C(=O)NCc3ccccc3)c12. The molecule has 8 heteroatoms. The molecule has 3 heterocycles. The number of hydrogen-bond acceptors (Lipinski definition) is 5. The van der Waals surface area contributed by atoms with E-state index in [1.807, 2.05) is 67.6 Å². The largest absolute Gasteiger partial charge is 0.348 e. The summed E-state index contributed by atoms with van der Waals surface area (Å²) >= 11 is 0. The summed E-state index contributed by atoms with van der Waals surface area (Å²) in [7, 11) is -3.10. The van der Waals surface area contributed by atoms with Crippen LogP contribution in [0.4, 0.5) is 0 Å². The second kappa shape index (κ2) is 8.44. The van der Waals surface area contributed by atoms with Gasteiger partial charge in [0, 0.05) is 12.1 Å². The maximum atomic E-state index is 13.3. The van der Waals surface area contributed by atoms with Gasteiger partial charge in [-0.25, -0.2) is 18.1 Å². The highest BCUT2D eigenvalue weighted by Crippen LogP contribution is 2.32. The van der Waals surface area contributed by atoms with Crippen molar-refractivity contribution in [3.8, 4) is 11.3 Å². The molecule has 1 saturated heterocycles. The summed E-state index contributed by atoms with van der Waals surface area (Å²) in [6.45, 7) is 2.23. The van der Waals surface area contributed by atoms with Gasteiger partial charge in [-0.05, 0) is 25.0 Å². The Hall–Kier alpha value is -3.52. The van der Waals surface area contributed by atoms with Crippen LogP contribution in [0.1, 0.15) is 34.1 Å². The molecule has 1 amide bonds. The maximum Gasteiger partial charge on any atom is 0.252 e. The number of rotatable bonds is 5. The van der Waals surface area contributed by atoms with Crippen molar-refractivity contribution in [3.05, 3.63) is 83.6 Å². The van der Waals surface area contributed by atoms with Gasteiger partial charge in [0.15, 0.2) is 15.5 Å². The van der Waals surface area contributed by atoms with E-state index in [0.717, 1.165) is 11.1 Å². The Morgan fingerprint density at radius 3 is 2.45 bits per heavy atom. The van der Waals surface area contributed by atoms with Crippen molar-refractivity contribution in [3.63, 3.8) is 0 Å². The molecule has 2 aromatic heterocycles. The number of pyridine rings is 1. The first-order valence-electron chi connectivity index (χ1n) is 10.9. The predicted octanol–water partition coefficient (Wildman–Crippen LogP) is 3.70. The van der Waals surface area contributed by atoms with Gasteiger partial charge in [0.25, 0.3) is 5.91 Å². The zero-order chi connectivity index (χ0) is 23.0. The summed E-state index contributed by atoms with van der Waals surface area (Å²) in [5.41, 5.74) is 4.21. The summed E-state index contributed by atoms with van der Waals surface area (Å²) < 4.78 is 25.9. The minimum absolute atomic E-state index is 0.0377. The normalized spacial score (nSPS) is 17.3. The number of amides is 1. The standard InChI is InChI=1S/C25H24N4O3S/c1-17-23-21(25(30)26-15-18-8-4-2-5-9-18)14-22(19-10-6-3-7-11-19)27-24(23)29(28-17)20-12-13-33(31,32)16-20/h2-11,14,20H,12-13,15-16H2,1H3,(H,26,30). The molecule has 2 aromatic carbocycles. The van der Waals surface area contributed by atoms with Crippen LogP contribution in [-0.2, 0) is 16.4 Å². The summed E-state index contributed by atoms with van der Waals surface area (Å²) in [4.78, 5) is 18.2. The molecule has 1 N–H and O–H groups in total. The Balaban J connectivity index is 1.61. The van der Waals surface area contributed by atoms with Crippen molar-refractivity contribution in [2.75, 3.05) is 11.5 Å². The van der Waals surface area contributed by atoms with Gasteiger partial charge in [0.2, 0.25) is 0 Å². The Bertz CT molecular complexity index is 1430. The molecule has 0 spiro atoms. The van der Waals surface area contributed by atoms with Crippen LogP contribution in [0.5, 0.6) is 0 Å². The molecule has 7 nitrogen and oxygen atoms in total. The van der Waals surface area contributed by atoms with E-state index in [4.69, 9.17) is 4.98 Å². The molecule has 5 rings (SSSR count). The topological polar surface area (TPSA) is 93.9 Å². The first kappa shape index (κ1) is 21.3.